The summed E-state index contributed by atoms with van der Waals surface area (Å²) >= 11 is 6.11. The van der Waals surface area contributed by atoms with Gasteiger partial charge in [0.1, 0.15) is 23.7 Å². The van der Waals surface area contributed by atoms with Crippen molar-refractivity contribution in [1.82, 2.24) is 0 Å². The fourth-order valence-electron chi connectivity index (χ4n) is 4.20. The lowest BCUT2D eigenvalue weighted by Crippen LogP contribution is -2.70. The first-order chi connectivity index (χ1) is 13.2. The van der Waals surface area contributed by atoms with Gasteiger partial charge in [-0.15, -0.1) is 0 Å². The molecule has 1 fully saturated rings. The second-order valence-electron chi connectivity index (χ2n) is 8.03. The number of nitrogens with zero attached hydrogens (tertiary/aromatic N) is 1. The number of halogens is 1. The molecular formula is C22H22ClNO4. The maximum atomic E-state index is 12.2. The van der Waals surface area contributed by atoms with E-state index in [4.69, 9.17) is 32.4 Å². The summed E-state index contributed by atoms with van der Waals surface area (Å²) in [5.41, 5.74) is -0.500. The zero-order valence-electron chi connectivity index (χ0n) is 16.2. The molecule has 0 radical (unpaired) electrons. The Morgan fingerprint density at radius 1 is 1.00 bits per heavy atom. The van der Waals surface area contributed by atoms with Crippen LogP contribution in [0.4, 0.5) is 10.5 Å². The minimum absolute atomic E-state index is 0.218. The van der Waals surface area contributed by atoms with Gasteiger partial charge in [-0.2, -0.15) is 0 Å². The molecule has 0 heterocycles. The maximum Gasteiger partial charge on any atom is 0.514 e. The lowest BCUT2D eigenvalue weighted by Gasteiger charge is -2.61. The number of hydrogen-bond acceptors (Lipinski definition) is 4. The van der Waals surface area contributed by atoms with Crippen molar-refractivity contribution in [2.24, 2.45) is 10.8 Å². The number of hydrogen-bond donors (Lipinski definition) is 0. The number of carbonyl (C=O) groups is 1. The Morgan fingerprint density at radius 2 is 1.64 bits per heavy atom. The summed E-state index contributed by atoms with van der Waals surface area (Å²) in [7, 11) is 0. The fraction of sp³-hybridized carbons (Fsp3) is 0.364. The number of para-hydroxylation sites is 1. The quantitative estimate of drug-likeness (QED) is 0.344. The minimum atomic E-state index is -0.736. The van der Waals surface area contributed by atoms with Gasteiger partial charge in [0.15, 0.2) is 0 Å². The third kappa shape index (κ3) is 3.65. The molecular weight excluding hydrogens is 378 g/mol. The van der Waals surface area contributed by atoms with Gasteiger partial charge in [0, 0.05) is 10.8 Å². The predicted molar refractivity (Wildman–Crippen MR) is 107 cm³/mol. The van der Waals surface area contributed by atoms with Gasteiger partial charge in [-0.3, -0.25) is 0 Å². The molecule has 5 nitrogen and oxygen atoms in total. The highest BCUT2D eigenvalue weighted by Crippen LogP contribution is 2.57. The molecule has 1 aliphatic rings. The van der Waals surface area contributed by atoms with Crippen molar-refractivity contribution in [3.63, 3.8) is 0 Å². The van der Waals surface area contributed by atoms with Crippen LogP contribution in [0, 0.1) is 17.4 Å². The summed E-state index contributed by atoms with van der Waals surface area (Å²) in [5.74, 6) is 1.01. The van der Waals surface area contributed by atoms with Crippen LogP contribution in [0.25, 0.3) is 4.85 Å². The van der Waals surface area contributed by atoms with Gasteiger partial charge in [-0.25, -0.2) is 9.64 Å². The van der Waals surface area contributed by atoms with E-state index in [0.717, 1.165) is 0 Å². The average molecular weight is 400 g/mol. The Kier molecular flexibility index (Phi) is 5.27. The Morgan fingerprint density at radius 3 is 2.21 bits per heavy atom. The SMILES string of the molecule is [C-]#[N+]c1ccc(OC2C(C)(C)C(OC(=O)Oc3ccccc3)C2(C)C)cc1Cl. The van der Waals surface area contributed by atoms with Crippen molar-refractivity contribution < 1.29 is 19.0 Å². The summed E-state index contributed by atoms with van der Waals surface area (Å²) in [5, 5.41) is 0.349. The Hall–Kier alpha value is -2.71. The highest BCUT2D eigenvalue weighted by Gasteiger charge is 2.66. The predicted octanol–water partition coefficient (Wildman–Crippen LogP) is 6.29. The third-order valence-electron chi connectivity index (χ3n) is 5.16. The van der Waals surface area contributed by atoms with Crippen molar-refractivity contribution in [3.8, 4) is 11.5 Å². The number of ether oxygens (including phenoxy) is 3. The van der Waals surface area contributed by atoms with E-state index in [9.17, 15) is 4.79 Å². The van der Waals surface area contributed by atoms with E-state index in [0.29, 0.717) is 22.2 Å². The molecule has 2 aromatic rings. The normalized spacial score (nSPS) is 21.7. The summed E-state index contributed by atoms with van der Waals surface area (Å²) in [6, 6.07) is 13.8. The third-order valence-corrected chi connectivity index (χ3v) is 5.46. The molecule has 1 aliphatic carbocycles. The molecule has 0 spiro atoms. The monoisotopic (exact) mass is 399 g/mol. The molecule has 1 saturated carbocycles. The molecule has 0 N–H and O–H groups in total. The van der Waals surface area contributed by atoms with Crippen molar-refractivity contribution >= 4 is 23.4 Å². The van der Waals surface area contributed by atoms with Crippen LogP contribution < -0.4 is 9.47 Å². The van der Waals surface area contributed by atoms with Crippen molar-refractivity contribution in [2.75, 3.05) is 0 Å². The molecule has 0 aliphatic heterocycles. The van der Waals surface area contributed by atoms with E-state index in [2.05, 4.69) is 4.85 Å². The first-order valence-electron chi connectivity index (χ1n) is 8.93. The molecule has 0 bridgehead atoms. The minimum Gasteiger partial charge on any atom is -0.489 e. The summed E-state index contributed by atoms with van der Waals surface area (Å²) in [6.07, 6.45) is -1.34. The van der Waals surface area contributed by atoms with E-state index < -0.39 is 17.0 Å². The smallest absolute Gasteiger partial charge is 0.489 e. The molecule has 0 atom stereocenters. The Bertz CT molecular complexity index is 902. The second-order valence-corrected chi connectivity index (χ2v) is 8.44. The van der Waals surface area contributed by atoms with E-state index in [-0.39, 0.29) is 12.2 Å². The standard InChI is InChI=1S/C22H22ClNO4/c1-21(2)18(26-15-11-12-17(24-5)16(23)13-15)22(3,4)19(21)28-20(25)27-14-9-7-6-8-10-14/h6-13,18-19H,1-4H3. The van der Waals surface area contributed by atoms with Gasteiger partial charge >= 0.3 is 6.16 Å². The molecule has 28 heavy (non-hydrogen) atoms. The number of carbonyl (C=O) groups excluding carboxylic acids is 1. The van der Waals surface area contributed by atoms with Gasteiger partial charge in [0.05, 0.1) is 11.6 Å². The average Bonchev–Trinajstić information content (AvgIpc) is 2.65. The molecule has 146 valence electrons. The largest absolute Gasteiger partial charge is 0.514 e. The van der Waals surface area contributed by atoms with Crippen LogP contribution in [0.1, 0.15) is 27.7 Å². The van der Waals surface area contributed by atoms with Gasteiger partial charge in [-0.1, -0.05) is 63.6 Å². The maximum absolute atomic E-state index is 12.2. The lowest BCUT2D eigenvalue weighted by atomic mass is 9.51. The van der Waals surface area contributed by atoms with Gasteiger partial charge < -0.3 is 14.2 Å². The molecule has 3 rings (SSSR count). The van der Waals surface area contributed by atoms with Crippen LogP contribution in [0.15, 0.2) is 48.5 Å². The van der Waals surface area contributed by atoms with Crippen molar-refractivity contribution in [2.45, 2.75) is 39.9 Å². The van der Waals surface area contributed by atoms with Crippen LogP contribution in [-0.4, -0.2) is 18.4 Å². The Balaban J connectivity index is 1.70. The molecule has 6 heteroatoms. The van der Waals surface area contributed by atoms with Crippen LogP contribution in [-0.2, 0) is 4.74 Å². The van der Waals surface area contributed by atoms with Gasteiger partial charge in [0.25, 0.3) is 0 Å². The lowest BCUT2D eigenvalue weighted by molar-refractivity contribution is -0.238. The number of rotatable bonds is 4. The van der Waals surface area contributed by atoms with Gasteiger partial charge in [0.2, 0.25) is 5.69 Å². The summed E-state index contributed by atoms with van der Waals surface area (Å²) in [4.78, 5) is 15.6. The second kappa shape index (κ2) is 7.37. The van der Waals surface area contributed by atoms with E-state index in [1.807, 2.05) is 33.8 Å². The van der Waals surface area contributed by atoms with Crippen LogP contribution >= 0.6 is 11.6 Å². The van der Waals surface area contributed by atoms with Crippen molar-refractivity contribution in [3.05, 3.63) is 65.0 Å². The fourth-order valence-corrected chi connectivity index (χ4v) is 4.41. The Labute approximate surface area is 170 Å². The summed E-state index contributed by atoms with van der Waals surface area (Å²) in [6.45, 7) is 15.0. The summed E-state index contributed by atoms with van der Waals surface area (Å²) < 4.78 is 17.1. The first kappa shape index (κ1) is 20.0. The highest BCUT2D eigenvalue weighted by atomic mass is 35.5. The molecule has 0 amide bonds. The molecule has 2 aromatic carbocycles. The highest BCUT2D eigenvalue weighted by molar-refractivity contribution is 6.33. The molecule has 0 saturated heterocycles. The molecule has 0 aromatic heterocycles. The molecule has 0 unspecified atom stereocenters. The first-order valence-corrected chi connectivity index (χ1v) is 9.31. The van der Waals surface area contributed by atoms with E-state index in [1.165, 1.54) is 0 Å². The zero-order chi connectivity index (χ0) is 20.5. The van der Waals surface area contributed by atoms with Crippen LogP contribution in [0.3, 0.4) is 0 Å². The topological polar surface area (TPSA) is 49.1 Å². The van der Waals surface area contributed by atoms with Crippen LogP contribution in [0.2, 0.25) is 5.02 Å². The van der Waals surface area contributed by atoms with Crippen LogP contribution in [0.5, 0.6) is 11.5 Å². The number of benzene rings is 2. The van der Waals surface area contributed by atoms with E-state index in [1.54, 1.807) is 42.5 Å². The zero-order valence-corrected chi connectivity index (χ0v) is 17.0. The van der Waals surface area contributed by atoms with Gasteiger partial charge in [-0.05, 0) is 24.3 Å². The van der Waals surface area contributed by atoms with E-state index >= 15 is 0 Å². The van der Waals surface area contributed by atoms with Crippen molar-refractivity contribution in [1.29, 1.82) is 0 Å².